The van der Waals surface area contributed by atoms with Gasteiger partial charge in [0.05, 0.1) is 11.3 Å². The van der Waals surface area contributed by atoms with E-state index in [9.17, 15) is 15.0 Å². The lowest BCUT2D eigenvalue weighted by Crippen LogP contribution is -2.05. The normalized spacial score (nSPS) is 16.1. The highest BCUT2D eigenvalue weighted by Crippen LogP contribution is 2.38. The van der Waals surface area contributed by atoms with Gasteiger partial charge in [-0.1, -0.05) is 30.3 Å². The van der Waals surface area contributed by atoms with Crippen LogP contribution in [-0.2, 0) is 6.42 Å². The van der Waals surface area contributed by atoms with Crippen LogP contribution in [0, 0.1) is 13.8 Å². The van der Waals surface area contributed by atoms with E-state index in [1.165, 1.54) is 0 Å². The Bertz CT molecular complexity index is 843. The number of allylic oxidation sites excluding steroid dienone is 1. The van der Waals surface area contributed by atoms with Gasteiger partial charge >= 0.3 is 5.97 Å². The number of benzene rings is 1. The minimum atomic E-state index is -0.934. The molecule has 4 heteroatoms. The third-order valence-electron chi connectivity index (χ3n) is 4.44. The van der Waals surface area contributed by atoms with Crippen LogP contribution < -0.4 is 0 Å². The fourth-order valence-electron chi connectivity index (χ4n) is 3.43. The van der Waals surface area contributed by atoms with Crippen molar-refractivity contribution in [1.29, 1.82) is 0 Å². The van der Waals surface area contributed by atoms with E-state index in [1.54, 1.807) is 19.1 Å². The van der Waals surface area contributed by atoms with E-state index in [-0.39, 0.29) is 0 Å². The molecule has 0 spiro atoms. The zero-order chi connectivity index (χ0) is 16.7. The summed E-state index contributed by atoms with van der Waals surface area (Å²) in [6.45, 7) is 7.40. The first kappa shape index (κ1) is 15.3. The molecule has 1 aliphatic carbocycles. The molecule has 0 saturated carbocycles. The second-order valence-electron chi connectivity index (χ2n) is 5.75. The van der Waals surface area contributed by atoms with Gasteiger partial charge in [-0.15, -0.1) is 6.58 Å². The first-order chi connectivity index (χ1) is 11.0. The second kappa shape index (κ2) is 5.56. The van der Waals surface area contributed by atoms with E-state index in [0.29, 0.717) is 17.7 Å². The molecule has 0 aliphatic heterocycles. The van der Waals surface area contributed by atoms with Crippen molar-refractivity contribution in [3.8, 4) is 0 Å². The van der Waals surface area contributed by atoms with Crippen LogP contribution in [0.2, 0.25) is 0 Å². The van der Waals surface area contributed by atoms with Crippen LogP contribution in [0.15, 0.2) is 43.0 Å². The predicted octanol–water partition coefficient (Wildman–Crippen LogP) is 3.47. The van der Waals surface area contributed by atoms with Crippen molar-refractivity contribution < 1.29 is 15.0 Å². The lowest BCUT2D eigenvalue weighted by molar-refractivity contribution is 0.0695. The molecule has 2 aromatic rings. The summed E-state index contributed by atoms with van der Waals surface area (Å²) in [6, 6.07) is 7.65. The van der Waals surface area contributed by atoms with Gasteiger partial charge in [0, 0.05) is 23.4 Å². The molecule has 0 saturated heterocycles. The molecule has 0 amide bonds. The maximum absolute atomic E-state index is 11.6. The van der Waals surface area contributed by atoms with E-state index in [0.717, 1.165) is 28.1 Å². The number of hydrogen-bond acceptors (Lipinski definition) is 2. The fourth-order valence-corrected chi connectivity index (χ4v) is 3.43. The van der Waals surface area contributed by atoms with Crippen LogP contribution in [-0.4, -0.2) is 20.7 Å². The molecule has 0 fully saturated rings. The van der Waals surface area contributed by atoms with E-state index < -0.39 is 12.1 Å². The van der Waals surface area contributed by atoms with E-state index >= 15 is 0 Å². The zero-order valence-electron chi connectivity index (χ0n) is 13.2. The van der Waals surface area contributed by atoms with Crippen molar-refractivity contribution in [1.82, 2.24) is 4.57 Å². The number of aliphatic hydroxyl groups is 1. The Morgan fingerprint density at radius 1 is 1.35 bits per heavy atom. The molecule has 1 aliphatic rings. The van der Waals surface area contributed by atoms with Crippen LogP contribution in [0.25, 0.3) is 5.70 Å². The number of aliphatic hydroxyl groups excluding tert-OH is 1. The van der Waals surface area contributed by atoms with Gasteiger partial charge in [0.25, 0.3) is 0 Å². The summed E-state index contributed by atoms with van der Waals surface area (Å²) in [7, 11) is 0. The summed E-state index contributed by atoms with van der Waals surface area (Å²) in [5.41, 5.74) is 5.23. The summed E-state index contributed by atoms with van der Waals surface area (Å²) in [5, 5.41) is 19.8. The van der Waals surface area contributed by atoms with Gasteiger partial charge in [-0.2, -0.15) is 0 Å². The highest BCUT2D eigenvalue weighted by atomic mass is 16.4. The van der Waals surface area contributed by atoms with Gasteiger partial charge in [0.1, 0.15) is 6.10 Å². The summed E-state index contributed by atoms with van der Waals surface area (Å²) in [6.07, 6.45) is 3.43. The SMILES string of the molecule is C=CCc1c(C)c(C(=O)O)c(C)n1C1=CC(O)c2ccccc21. The largest absolute Gasteiger partial charge is 0.478 e. The maximum atomic E-state index is 11.6. The highest BCUT2D eigenvalue weighted by Gasteiger charge is 2.28. The third-order valence-corrected chi connectivity index (χ3v) is 4.44. The molecular formula is C19H19NO3. The van der Waals surface area contributed by atoms with Crippen LogP contribution in [0.4, 0.5) is 0 Å². The van der Waals surface area contributed by atoms with Gasteiger partial charge in [0.15, 0.2) is 0 Å². The van der Waals surface area contributed by atoms with Crippen molar-refractivity contribution in [3.05, 3.63) is 76.6 Å². The zero-order valence-corrected chi connectivity index (χ0v) is 13.2. The van der Waals surface area contributed by atoms with E-state index in [4.69, 9.17) is 0 Å². The topological polar surface area (TPSA) is 62.5 Å². The number of carboxylic acid groups (broad SMARTS) is 1. The predicted molar refractivity (Wildman–Crippen MR) is 89.5 cm³/mol. The number of rotatable bonds is 4. The number of aromatic carboxylic acids is 1. The molecule has 1 unspecified atom stereocenters. The lowest BCUT2D eigenvalue weighted by Gasteiger charge is -2.14. The Kier molecular flexibility index (Phi) is 3.70. The Morgan fingerprint density at radius 2 is 2.04 bits per heavy atom. The summed E-state index contributed by atoms with van der Waals surface area (Å²) < 4.78 is 1.94. The molecule has 118 valence electrons. The average molecular weight is 309 g/mol. The molecule has 0 radical (unpaired) electrons. The fraction of sp³-hybridized carbons (Fsp3) is 0.211. The van der Waals surface area contributed by atoms with Gasteiger partial charge in [-0.05, 0) is 31.1 Å². The van der Waals surface area contributed by atoms with Crippen LogP contribution >= 0.6 is 0 Å². The van der Waals surface area contributed by atoms with Crippen LogP contribution in [0.5, 0.6) is 0 Å². The van der Waals surface area contributed by atoms with Crippen molar-refractivity contribution in [2.75, 3.05) is 0 Å². The van der Waals surface area contributed by atoms with E-state index in [1.807, 2.05) is 35.8 Å². The van der Waals surface area contributed by atoms with Crippen molar-refractivity contribution in [3.63, 3.8) is 0 Å². The molecule has 4 nitrogen and oxygen atoms in total. The van der Waals surface area contributed by atoms with Gasteiger partial charge < -0.3 is 14.8 Å². The van der Waals surface area contributed by atoms with Gasteiger partial charge in [0.2, 0.25) is 0 Å². The molecule has 23 heavy (non-hydrogen) atoms. The lowest BCUT2D eigenvalue weighted by atomic mass is 10.1. The first-order valence-electron chi connectivity index (χ1n) is 7.51. The van der Waals surface area contributed by atoms with Crippen LogP contribution in [0.3, 0.4) is 0 Å². The molecule has 3 rings (SSSR count). The Balaban J connectivity index is 2.29. The quantitative estimate of drug-likeness (QED) is 0.850. The monoisotopic (exact) mass is 309 g/mol. The molecule has 1 aromatic heterocycles. The molecular weight excluding hydrogens is 290 g/mol. The number of fused-ring (bicyclic) bond motifs is 1. The number of carboxylic acids is 1. The number of carbonyl (C=O) groups is 1. The Morgan fingerprint density at radius 3 is 2.70 bits per heavy atom. The standard InChI is InChI=1S/C19H19NO3/c1-4-7-15-11(2)18(19(22)23)12(3)20(15)16-10-17(21)14-9-6-5-8-13(14)16/h4-6,8-10,17,21H,1,7H2,2-3H3,(H,22,23). The summed E-state index contributed by atoms with van der Waals surface area (Å²) >= 11 is 0. The third kappa shape index (κ3) is 2.23. The number of aromatic nitrogens is 1. The van der Waals surface area contributed by atoms with Crippen molar-refractivity contribution in [2.24, 2.45) is 0 Å². The number of nitrogens with zero attached hydrogens (tertiary/aromatic N) is 1. The van der Waals surface area contributed by atoms with Gasteiger partial charge in [-0.25, -0.2) is 4.79 Å². The highest BCUT2D eigenvalue weighted by molar-refractivity contribution is 5.92. The molecule has 2 N–H and O–H groups in total. The summed E-state index contributed by atoms with van der Waals surface area (Å²) in [4.78, 5) is 11.6. The number of hydrogen-bond donors (Lipinski definition) is 2. The molecule has 1 atom stereocenters. The van der Waals surface area contributed by atoms with Crippen LogP contribution in [0.1, 0.15) is 44.5 Å². The minimum Gasteiger partial charge on any atom is -0.478 e. The van der Waals surface area contributed by atoms with Gasteiger partial charge in [-0.3, -0.25) is 0 Å². The second-order valence-corrected chi connectivity index (χ2v) is 5.75. The molecule has 1 heterocycles. The Labute approximate surface area is 135 Å². The average Bonchev–Trinajstić information content (AvgIpc) is 2.95. The maximum Gasteiger partial charge on any atom is 0.337 e. The van der Waals surface area contributed by atoms with Crippen molar-refractivity contribution >= 4 is 11.7 Å². The summed E-state index contributed by atoms with van der Waals surface area (Å²) in [5.74, 6) is -0.934. The van der Waals surface area contributed by atoms with Crippen molar-refractivity contribution in [2.45, 2.75) is 26.4 Å². The first-order valence-corrected chi connectivity index (χ1v) is 7.51. The minimum absolute atomic E-state index is 0.321. The molecule has 1 aromatic carbocycles. The smallest absolute Gasteiger partial charge is 0.337 e. The van der Waals surface area contributed by atoms with E-state index in [2.05, 4.69) is 6.58 Å². The Hall–Kier alpha value is -2.59. The molecule has 0 bridgehead atoms.